The lowest BCUT2D eigenvalue weighted by Gasteiger charge is -2.30. The lowest BCUT2D eigenvalue weighted by molar-refractivity contribution is -0.148. The molecule has 2 unspecified atom stereocenters. The van der Waals surface area contributed by atoms with Gasteiger partial charge in [0, 0.05) is 49.8 Å². The van der Waals surface area contributed by atoms with Gasteiger partial charge in [0.1, 0.15) is 0 Å². The van der Waals surface area contributed by atoms with Crippen molar-refractivity contribution in [2.75, 3.05) is 27.3 Å². The van der Waals surface area contributed by atoms with Crippen molar-refractivity contribution in [2.24, 2.45) is 33.7 Å². The van der Waals surface area contributed by atoms with Crippen LogP contribution in [0.2, 0.25) is 0 Å². The van der Waals surface area contributed by atoms with Gasteiger partial charge in [0.25, 0.3) is 0 Å². The molecule has 0 aromatic heterocycles. The zero-order valence-corrected chi connectivity index (χ0v) is 37.0. The molecule has 61 heavy (non-hydrogen) atoms. The summed E-state index contributed by atoms with van der Waals surface area (Å²) in [5, 5.41) is 0. The van der Waals surface area contributed by atoms with Crippen LogP contribution in [0.15, 0.2) is 82.1 Å². The first-order valence-corrected chi connectivity index (χ1v) is 22.1. The van der Waals surface area contributed by atoms with Crippen molar-refractivity contribution in [1.82, 2.24) is 9.80 Å². The smallest absolute Gasteiger partial charge is 0.306 e. The molecule has 4 heterocycles. The van der Waals surface area contributed by atoms with Gasteiger partial charge in [-0.05, 0) is 101 Å². The molecule has 2 aromatic rings. The Morgan fingerprint density at radius 1 is 0.639 bits per heavy atom. The molecule has 320 valence electrons. The van der Waals surface area contributed by atoms with Crippen LogP contribution >= 0.6 is 0 Å². The number of aliphatic imine (C=N–C) groups is 2. The van der Waals surface area contributed by atoms with Crippen molar-refractivity contribution in [3.05, 3.63) is 94.4 Å². The number of nitrogens with zero attached hydrogens (tertiary/aromatic N) is 4. The number of benzene rings is 2. The second kappa shape index (κ2) is 17.2. The fourth-order valence-electron chi connectivity index (χ4n) is 10.7. The number of methoxy groups -OCH3 is 2. The number of amides is 2. The third-order valence-electron chi connectivity index (χ3n) is 14.1. The van der Waals surface area contributed by atoms with Gasteiger partial charge in [0.2, 0.25) is 11.8 Å². The topological polar surface area (TPSA) is 118 Å². The van der Waals surface area contributed by atoms with Crippen LogP contribution in [-0.4, -0.2) is 84.4 Å². The zero-order valence-electron chi connectivity index (χ0n) is 37.0. The number of carbonyl (C=O) groups is 4. The third kappa shape index (κ3) is 8.10. The maximum absolute atomic E-state index is 14.0. The molecule has 2 aliphatic carbocycles. The summed E-state index contributed by atoms with van der Waals surface area (Å²) in [6.45, 7) is 13.1. The number of hydrogen-bond acceptors (Lipinski definition) is 8. The minimum Gasteiger partial charge on any atom is -0.469 e. The van der Waals surface area contributed by atoms with Crippen LogP contribution in [0, 0.1) is 23.7 Å². The Morgan fingerprint density at radius 2 is 1.08 bits per heavy atom. The largest absolute Gasteiger partial charge is 0.469 e. The average molecular weight is 825 g/mol. The van der Waals surface area contributed by atoms with Gasteiger partial charge in [0.05, 0.1) is 51.0 Å². The molecular weight excluding hydrogens is 765 g/mol. The lowest BCUT2D eigenvalue weighted by atomic mass is 9.80. The van der Waals surface area contributed by atoms with Crippen molar-refractivity contribution in [3.8, 4) is 11.1 Å². The number of carbonyl (C=O) groups excluding carboxylic acids is 4. The van der Waals surface area contributed by atoms with Gasteiger partial charge in [-0.1, -0.05) is 87.4 Å². The van der Waals surface area contributed by atoms with Gasteiger partial charge in [-0.2, -0.15) is 0 Å². The Hall–Kier alpha value is -5.38. The number of allylic oxidation sites excluding steroid dienone is 2. The second-order valence-corrected chi connectivity index (χ2v) is 18.8. The minimum atomic E-state index is -0.451. The summed E-state index contributed by atoms with van der Waals surface area (Å²) < 4.78 is 9.87. The molecule has 10 heteroatoms. The number of fused-ring (bicyclic) bond motifs is 5. The molecule has 2 bridgehead atoms. The van der Waals surface area contributed by atoms with Crippen molar-refractivity contribution >= 4 is 46.3 Å². The Balaban J connectivity index is 0.971. The summed E-state index contributed by atoms with van der Waals surface area (Å²) in [6, 6.07) is 13.0. The summed E-state index contributed by atoms with van der Waals surface area (Å²) in [4.78, 5) is 65.9. The summed E-state index contributed by atoms with van der Waals surface area (Å²) in [7, 11) is 2.74. The first-order chi connectivity index (χ1) is 29.3. The quantitative estimate of drug-likeness (QED) is 0.147. The molecule has 0 radical (unpaired) electrons. The highest BCUT2D eigenvalue weighted by Gasteiger charge is 2.43. The summed E-state index contributed by atoms with van der Waals surface area (Å²) in [5.41, 5.74) is 14.4. The lowest BCUT2D eigenvalue weighted by Crippen LogP contribution is -2.45. The third-order valence-corrected chi connectivity index (χ3v) is 14.1. The SMILES string of the molecule is COC(=O)C[C@H](C(=O)N1CC(C)=C[C@H]1C1=NC=C(c2ccc(-c3ccc(C4=CN=C([C@@H]5C=C(C)CN5C(=O)[C@@H](CC(=O)OC)C(C)C)C4)c4c3C3CCC4C3)cc2)C1)C(C)C. The number of hydrogen-bond donors (Lipinski definition) is 0. The van der Waals surface area contributed by atoms with E-state index in [4.69, 9.17) is 19.5 Å². The standard InChI is InChI=1S/C51H60N4O6/c1-28(2)40(22-46(56)60-7)50(58)54-26-30(5)17-44(54)42-20-36(24-52-42)32-9-11-33(12-10-32)38-15-16-39(49-35-14-13-34(19-35)48(38)49)37-21-43(53-25-37)45-18-31(6)27-55(45)51(59)41(29(3)4)23-47(57)61-8/h9-12,15-18,24-25,28-29,34-35,40-41,44-45H,13-14,19-23,26-27H2,1-8H3/t34?,35?,40-,41-,44-,45-/m0/s1. The summed E-state index contributed by atoms with van der Waals surface area (Å²) >= 11 is 0. The van der Waals surface area contributed by atoms with E-state index in [1.807, 2.05) is 56.8 Å². The monoisotopic (exact) mass is 824 g/mol. The number of ether oxygens (including phenoxy) is 2. The predicted octanol–water partition coefficient (Wildman–Crippen LogP) is 9.07. The van der Waals surface area contributed by atoms with E-state index in [1.165, 1.54) is 66.9 Å². The normalized spacial score (nSPS) is 23.7. The molecule has 10 nitrogen and oxygen atoms in total. The van der Waals surface area contributed by atoms with Crippen molar-refractivity contribution in [3.63, 3.8) is 0 Å². The van der Waals surface area contributed by atoms with E-state index in [9.17, 15) is 19.2 Å². The highest BCUT2D eigenvalue weighted by molar-refractivity contribution is 6.06. The second-order valence-electron chi connectivity index (χ2n) is 18.8. The molecule has 2 aromatic carbocycles. The fraction of sp³-hybridized carbons (Fsp3) is 0.490. The maximum Gasteiger partial charge on any atom is 0.306 e. The molecule has 4 aliphatic heterocycles. The van der Waals surface area contributed by atoms with E-state index < -0.39 is 11.8 Å². The molecule has 8 rings (SSSR count). The Kier molecular flexibility index (Phi) is 11.9. The van der Waals surface area contributed by atoms with Gasteiger partial charge < -0.3 is 19.3 Å². The first kappa shape index (κ1) is 42.3. The molecule has 1 fully saturated rings. The maximum atomic E-state index is 14.0. The van der Waals surface area contributed by atoms with Crippen LogP contribution in [0.5, 0.6) is 0 Å². The van der Waals surface area contributed by atoms with Crippen LogP contribution in [0.3, 0.4) is 0 Å². The van der Waals surface area contributed by atoms with E-state index in [1.54, 1.807) is 0 Å². The van der Waals surface area contributed by atoms with Crippen molar-refractivity contribution in [1.29, 1.82) is 0 Å². The highest BCUT2D eigenvalue weighted by Crippen LogP contribution is 2.58. The molecule has 6 aliphatic rings. The van der Waals surface area contributed by atoms with Crippen LogP contribution in [0.1, 0.15) is 121 Å². The molecule has 0 saturated heterocycles. The predicted molar refractivity (Wildman–Crippen MR) is 240 cm³/mol. The number of esters is 2. The van der Waals surface area contributed by atoms with Gasteiger partial charge in [-0.3, -0.25) is 29.2 Å². The van der Waals surface area contributed by atoms with Crippen molar-refractivity contribution < 1.29 is 28.7 Å². The van der Waals surface area contributed by atoms with E-state index in [2.05, 4.69) is 55.5 Å². The first-order valence-electron chi connectivity index (χ1n) is 22.1. The molecule has 6 atom stereocenters. The van der Waals surface area contributed by atoms with Crippen LogP contribution in [0.4, 0.5) is 0 Å². The summed E-state index contributed by atoms with van der Waals surface area (Å²) in [6.07, 6.45) is 13.4. The van der Waals surface area contributed by atoms with E-state index >= 15 is 0 Å². The van der Waals surface area contributed by atoms with Crippen LogP contribution in [0.25, 0.3) is 22.3 Å². The zero-order chi connectivity index (χ0) is 43.3. The summed E-state index contributed by atoms with van der Waals surface area (Å²) in [5.74, 6) is -0.610. The molecular formula is C51H60N4O6. The Bertz CT molecular complexity index is 2330. The molecule has 2 amide bonds. The minimum absolute atomic E-state index is 0.000137. The van der Waals surface area contributed by atoms with Gasteiger partial charge >= 0.3 is 11.9 Å². The molecule has 0 N–H and O–H groups in total. The Morgan fingerprint density at radius 3 is 1.57 bits per heavy atom. The number of rotatable bonds is 13. The average Bonchev–Trinajstić information content (AvgIpc) is 4.12. The highest BCUT2D eigenvalue weighted by atomic mass is 16.5. The molecule has 1 saturated carbocycles. The van der Waals surface area contributed by atoms with Gasteiger partial charge in [-0.25, -0.2) is 0 Å². The van der Waals surface area contributed by atoms with Crippen molar-refractivity contribution in [2.45, 2.75) is 110 Å². The van der Waals surface area contributed by atoms with Crippen LogP contribution < -0.4 is 0 Å². The Labute approximate surface area is 360 Å². The van der Waals surface area contributed by atoms with E-state index in [0.29, 0.717) is 37.8 Å². The van der Waals surface area contributed by atoms with Gasteiger partial charge in [-0.15, -0.1) is 0 Å². The molecule has 0 spiro atoms. The van der Waals surface area contributed by atoms with E-state index in [0.717, 1.165) is 33.7 Å². The van der Waals surface area contributed by atoms with E-state index in [-0.39, 0.29) is 60.5 Å². The fourth-order valence-corrected chi connectivity index (χ4v) is 10.7. The van der Waals surface area contributed by atoms with Crippen LogP contribution in [-0.2, 0) is 28.7 Å². The van der Waals surface area contributed by atoms with Gasteiger partial charge in [0.15, 0.2) is 0 Å².